The van der Waals surface area contributed by atoms with Crippen LogP contribution in [-0.2, 0) is 9.57 Å². The minimum absolute atomic E-state index is 0.0972. The average Bonchev–Trinajstić information content (AvgIpc) is 2.29. The Labute approximate surface area is 101 Å². The molecule has 0 aliphatic rings. The molecule has 0 fully saturated rings. The summed E-state index contributed by atoms with van der Waals surface area (Å²) in [4.78, 5) is 16.0. The lowest BCUT2D eigenvalue weighted by atomic mass is 10.2. The molecule has 0 bridgehead atoms. The van der Waals surface area contributed by atoms with Crippen LogP contribution >= 0.6 is 11.6 Å². The molecule has 0 aliphatic carbocycles. The SMILES string of the molecule is COCCONC(=O)c1cc(F)c(Cl)cc1F. The van der Waals surface area contributed by atoms with Gasteiger partial charge in [0.05, 0.1) is 23.8 Å². The summed E-state index contributed by atoms with van der Waals surface area (Å²) in [7, 11) is 1.46. The van der Waals surface area contributed by atoms with Crippen molar-refractivity contribution >= 4 is 17.5 Å². The highest BCUT2D eigenvalue weighted by Crippen LogP contribution is 2.19. The van der Waals surface area contributed by atoms with Crippen LogP contribution in [0.3, 0.4) is 0 Å². The maximum atomic E-state index is 13.3. The fourth-order valence-corrected chi connectivity index (χ4v) is 1.14. The van der Waals surface area contributed by atoms with Gasteiger partial charge in [0.1, 0.15) is 11.6 Å². The van der Waals surface area contributed by atoms with E-state index in [1.807, 2.05) is 5.48 Å². The summed E-state index contributed by atoms with van der Waals surface area (Å²) in [6.45, 7) is 0.359. The summed E-state index contributed by atoms with van der Waals surface area (Å²) in [6, 6.07) is 1.42. The molecule has 17 heavy (non-hydrogen) atoms. The molecule has 1 N–H and O–H groups in total. The van der Waals surface area contributed by atoms with E-state index in [0.717, 1.165) is 6.07 Å². The van der Waals surface area contributed by atoms with Crippen molar-refractivity contribution in [3.63, 3.8) is 0 Å². The number of carbonyl (C=O) groups is 1. The van der Waals surface area contributed by atoms with E-state index < -0.39 is 23.1 Å². The number of halogens is 3. The maximum absolute atomic E-state index is 13.3. The molecule has 1 aromatic rings. The number of rotatable bonds is 5. The second kappa shape index (κ2) is 6.48. The van der Waals surface area contributed by atoms with Gasteiger partial charge in [0.2, 0.25) is 0 Å². The summed E-state index contributed by atoms with van der Waals surface area (Å²) in [5, 5.41) is -0.389. The zero-order chi connectivity index (χ0) is 12.8. The molecule has 94 valence electrons. The molecular weight excluding hydrogens is 256 g/mol. The minimum Gasteiger partial charge on any atom is -0.382 e. The van der Waals surface area contributed by atoms with Crippen LogP contribution in [-0.4, -0.2) is 26.2 Å². The van der Waals surface area contributed by atoms with E-state index in [1.165, 1.54) is 7.11 Å². The number of ether oxygens (including phenoxy) is 1. The topological polar surface area (TPSA) is 47.6 Å². The van der Waals surface area contributed by atoms with Crippen molar-refractivity contribution in [3.8, 4) is 0 Å². The van der Waals surface area contributed by atoms with Gasteiger partial charge in [-0.2, -0.15) is 0 Å². The number of hydroxylamine groups is 1. The molecule has 0 spiro atoms. The number of amides is 1. The first-order chi connectivity index (χ1) is 8.06. The van der Waals surface area contributed by atoms with E-state index >= 15 is 0 Å². The molecule has 0 unspecified atom stereocenters. The molecule has 4 nitrogen and oxygen atoms in total. The fourth-order valence-electron chi connectivity index (χ4n) is 0.993. The zero-order valence-electron chi connectivity index (χ0n) is 8.93. The Bertz CT molecular complexity index is 415. The Morgan fingerprint density at radius 2 is 2.06 bits per heavy atom. The lowest BCUT2D eigenvalue weighted by Crippen LogP contribution is -2.26. The van der Waals surface area contributed by atoms with Crippen LogP contribution in [0.5, 0.6) is 0 Å². The summed E-state index contributed by atoms with van der Waals surface area (Å²) in [5.74, 6) is -2.70. The Balaban J connectivity index is 2.66. The van der Waals surface area contributed by atoms with Gasteiger partial charge in [-0.25, -0.2) is 14.3 Å². The van der Waals surface area contributed by atoms with Crippen LogP contribution in [0.25, 0.3) is 0 Å². The first-order valence-corrected chi connectivity index (χ1v) is 4.99. The zero-order valence-corrected chi connectivity index (χ0v) is 9.68. The van der Waals surface area contributed by atoms with E-state index in [9.17, 15) is 13.6 Å². The molecule has 0 atom stereocenters. The van der Waals surface area contributed by atoms with Crippen molar-refractivity contribution in [3.05, 3.63) is 34.4 Å². The first-order valence-electron chi connectivity index (χ1n) is 4.62. The maximum Gasteiger partial charge on any atom is 0.277 e. The van der Waals surface area contributed by atoms with Gasteiger partial charge in [-0.05, 0) is 12.1 Å². The normalized spacial score (nSPS) is 10.4. The molecule has 0 aliphatic heterocycles. The highest BCUT2D eigenvalue weighted by Gasteiger charge is 2.15. The van der Waals surface area contributed by atoms with Crippen molar-refractivity contribution in [1.29, 1.82) is 0 Å². The van der Waals surface area contributed by atoms with Crippen LogP contribution in [0.4, 0.5) is 8.78 Å². The van der Waals surface area contributed by atoms with Crippen molar-refractivity contribution < 1.29 is 23.1 Å². The molecule has 0 heterocycles. The van der Waals surface area contributed by atoms with E-state index in [0.29, 0.717) is 6.07 Å². The van der Waals surface area contributed by atoms with Gasteiger partial charge in [0.15, 0.2) is 0 Å². The van der Waals surface area contributed by atoms with E-state index in [4.69, 9.17) is 11.6 Å². The van der Waals surface area contributed by atoms with Gasteiger partial charge in [0, 0.05) is 7.11 Å². The molecule has 7 heteroatoms. The molecule has 0 saturated carbocycles. The highest BCUT2D eigenvalue weighted by molar-refractivity contribution is 6.30. The molecule has 1 amide bonds. The standard InChI is InChI=1S/C10H10ClF2NO3/c1-16-2-3-17-14-10(15)6-4-9(13)7(11)5-8(6)12/h4-5H,2-3H2,1H3,(H,14,15). The Hall–Kier alpha value is -1.24. The highest BCUT2D eigenvalue weighted by atomic mass is 35.5. The van der Waals surface area contributed by atoms with E-state index in [2.05, 4.69) is 9.57 Å². The third-order valence-electron chi connectivity index (χ3n) is 1.81. The van der Waals surface area contributed by atoms with Gasteiger partial charge in [-0.15, -0.1) is 0 Å². The van der Waals surface area contributed by atoms with Crippen LogP contribution in [0.2, 0.25) is 5.02 Å². The number of hydrogen-bond donors (Lipinski definition) is 1. The summed E-state index contributed by atoms with van der Waals surface area (Å²) in [6.07, 6.45) is 0. The lowest BCUT2D eigenvalue weighted by molar-refractivity contribution is 0.00863. The summed E-state index contributed by atoms with van der Waals surface area (Å²) in [5.41, 5.74) is 1.47. The molecule has 0 aromatic heterocycles. The molecular formula is C10H10ClF2NO3. The molecule has 1 rings (SSSR count). The molecule has 1 aromatic carbocycles. The number of nitrogens with one attached hydrogen (secondary N) is 1. The second-order valence-electron chi connectivity index (χ2n) is 3.02. The van der Waals surface area contributed by atoms with Crippen molar-refractivity contribution in [2.75, 3.05) is 20.3 Å². The number of hydrogen-bond acceptors (Lipinski definition) is 3. The van der Waals surface area contributed by atoms with E-state index in [-0.39, 0.29) is 18.2 Å². The van der Waals surface area contributed by atoms with Crippen LogP contribution < -0.4 is 5.48 Å². The summed E-state index contributed by atoms with van der Waals surface area (Å²) >= 11 is 5.34. The lowest BCUT2D eigenvalue weighted by Gasteiger charge is -2.06. The van der Waals surface area contributed by atoms with E-state index in [1.54, 1.807) is 0 Å². The van der Waals surface area contributed by atoms with Crippen LogP contribution in [0.1, 0.15) is 10.4 Å². The third kappa shape index (κ3) is 3.92. The number of carbonyl (C=O) groups excluding carboxylic acids is 1. The minimum atomic E-state index is -0.927. The smallest absolute Gasteiger partial charge is 0.277 e. The Kier molecular flexibility index (Phi) is 5.27. The molecule has 0 radical (unpaired) electrons. The predicted molar refractivity (Wildman–Crippen MR) is 56.7 cm³/mol. The Morgan fingerprint density at radius 3 is 2.71 bits per heavy atom. The third-order valence-corrected chi connectivity index (χ3v) is 2.10. The second-order valence-corrected chi connectivity index (χ2v) is 3.43. The van der Waals surface area contributed by atoms with Gasteiger partial charge in [-0.3, -0.25) is 9.63 Å². The largest absolute Gasteiger partial charge is 0.382 e. The van der Waals surface area contributed by atoms with Gasteiger partial charge in [0.25, 0.3) is 5.91 Å². The first kappa shape index (κ1) is 13.8. The van der Waals surface area contributed by atoms with Crippen molar-refractivity contribution in [2.24, 2.45) is 0 Å². The fraction of sp³-hybridized carbons (Fsp3) is 0.300. The Morgan fingerprint density at radius 1 is 1.35 bits per heavy atom. The van der Waals surface area contributed by atoms with Gasteiger partial charge in [-0.1, -0.05) is 11.6 Å². The average molecular weight is 266 g/mol. The van der Waals surface area contributed by atoms with Crippen LogP contribution in [0, 0.1) is 11.6 Å². The quantitative estimate of drug-likeness (QED) is 0.503. The van der Waals surface area contributed by atoms with Crippen molar-refractivity contribution in [2.45, 2.75) is 0 Å². The van der Waals surface area contributed by atoms with Gasteiger partial charge < -0.3 is 4.74 Å². The predicted octanol–water partition coefficient (Wildman–Crippen LogP) is 1.93. The van der Waals surface area contributed by atoms with Gasteiger partial charge >= 0.3 is 0 Å². The number of benzene rings is 1. The molecule has 0 saturated heterocycles. The van der Waals surface area contributed by atoms with Crippen LogP contribution in [0.15, 0.2) is 12.1 Å². The monoisotopic (exact) mass is 265 g/mol. The number of methoxy groups -OCH3 is 1. The summed E-state index contributed by atoms with van der Waals surface area (Å²) < 4.78 is 30.9. The van der Waals surface area contributed by atoms with Crippen molar-refractivity contribution in [1.82, 2.24) is 5.48 Å².